The summed E-state index contributed by atoms with van der Waals surface area (Å²) >= 11 is 0. The molecule has 0 aliphatic carbocycles. The molecule has 0 bridgehead atoms. The van der Waals surface area contributed by atoms with Crippen LogP contribution in [0.15, 0.2) is 60.7 Å². The van der Waals surface area contributed by atoms with Crippen LogP contribution in [0.5, 0.6) is 0 Å². The highest BCUT2D eigenvalue weighted by Crippen LogP contribution is 2.31. The number of ether oxygens (including phenoxy) is 1. The maximum atomic E-state index is 12.9. The van der Waals surface area contributed by atoms with Gasteiger partial charge in [-0.1, -0.05) is 74.0 Å². The van der Waals surface area contributed by atoms with Crippen molar-refractivity contribution < 1.29 is 24.2 Å². The molecule has 0 saturated carbocycles. The van der Waals surface area contributed by atoms with Crippen LogP contribution in [0.4, 0.5) is 0 Å². The number of unbranched alkanes of at least 4 members (excludes halogenated alkanes) is 1. The van der Waals surface area contributed by atoms with E-state index in [0.717, 1.165) is 16.2 Å². The number of carbonyl (C=O) groups excluding carboxylic acids is 3. The molecule has 152 valence electrons. The lowest BCUT2D eigenvalue weighted by molar-refractivity contribution is -0.218. The summed E-state index contributed by atoms with van der Waals surface area (Å²) in [4.78, 5) is 40.1. The fraction of sp³-hybridized carbons (Fsp3) is 0.318. The molecule has 2 amide bonds. The van der Waals surface area contributed by atoms with E-state index in [9.17, 15) is 19.5 Å². The maximum absolute atomic E-state index is 12.9. The smallest absolute Gasteiger partial charge is 0.383 e. The number of esters is 1. The van der Waals surface area contributed by atoms with E-state index in [2.05, 4.69) is 0 Å². The van der Waals surface area contributed by atoms with Gasteiger partial charge in [-0.15, -0.1) is 0 Å². The van der Waals surface area contributed by atoms with Crippen LogP contribution in [0.3, 0.4) is 0 Å². The zero-order valence-corrected chi connectivity index (χ0v) is 16.3. The molecule has 1 saturated heterocycles. The molecule has 29 heavy (non-hydrogen) atoms. The molecular formula is C22H24N2O5. The predicted molar refractivity (Wildman–Crippen MR) is 105 cm³/mol. The van der Waals surface area contributed by atoms with Gasteiger partial charge in [0.2, 0.25) is 0 Å². The largest absolute Gasteiger partial charge is 0.461 e. The van der Waals surface area contributed by atoms with Crippen LogP contribution in [-0.4, -0.2) is 45.1 Å². The van der Waals surface area contributed by atoms with Gasteiger partial charge in [0.05, 0.1) is 19.7 Å². The number of aliphatic hydroxyl groups is 1. The fourth-order valence-corrected chi connectivity index (χ4v) is 3.18. The van der Waals surface area contributed by atoms with Crippen LogP contribution < -0.4 is 0 Å². The minimum Gasteiger partial charge on any atom is -0.461 e. The Balaban J connectivity index is 1.95. The Kier molecular flexibility index (Phi) is 6.29. The monoisotopic (exact) mass is 396 g/mol. The highest BCUT2D eigenvalue weighted by atomic mass is 16.6. The summed E-state index contributed by atoms with van der Waals surface area (Å²) in [6.07, 6.45) is 1.41. The average Bonchev–Trinajstić information content (AvgIpc) is 2.92. The topological polar surface area (TPSA) is 87.1 Å². The molecule has 1 aliphatic heterocycles. The molecule has 1 heterocycles. The van der Waals surface area contributed by atoms with E-state index in [1.165, 1.54) is 0 Å². The quantitative estimate of drug-likeness (QED) is 0.419. The van der Waals surface area contributed by atoms with Crippen LogP contribution in [0, 0.1) is 0 Å². The van der Waals surface area contributed by atoms with Gasteiger partial charge in [-0.3, -0.25) is 19.4 Å². The van der Waals surface area contributed by atoms with Crippen molar-refractivity contribution in [2.45, 2.75) is 38.7 Å². The van der Waals surface area contributed by atoms with Gasteiger partial charge < -0.3 is 9.84 Å². The van der Waals surface area contributed by atoms with Crippen molar-refractivity contribution >= 4 is 17.8 Å². The Morgan fingerprint density at radius 2 is 1.34 bits per heavy atom. The lowest BCUT2D eigenvalue weighted by Crippen LogP contribution is -2.60. The normalized spacial score (nSPS) is 15.7. The number of hydrogen-bond donors (Lipinski definition) is 1. The number of carbonyl (C=O) groups is 3. The highest BCUT2D eigenvalue weighted by Gasteiger charge is 2.61. The van der Waals surface area contributed by atoms with Gasteiger partial charge in [0.1, 0.15) is 0 Å². The zero-order valence-electron chi connectivity index (χ0n) is 16.3. The van der Waals surface area contributed by atoms with E-state index in [0.29, 0.717) is 17.5 Å². The molecule has 2 aromatic carbocycles. The highest BCUT2D eigenvalue weighted by molar-refractivity contribution is 6.38. The van der Waals surface area contributed by atoms with Crippen LogP contribution in [-0.2, 0) is 32.2 Å². The third-order valence-electron chi connectivity index (χ3n) is 4.80. The summed E-state index contributed by atoms with van der Waals surface area (Å²) in [6, 6.07) is 17.7. The first-order valence-corrected chi connectivity index (χ1v) is 9.59. The third kappa shape index (κ3) is 4.14. The first-order chi connectivity index (χ1) is 14.0. The third-order valence-corrected chi connectivity index (χ3v) is 4.80. The molecule has 0 spiro atoms. The molecule has 7 heteroatoms. The van der Waals surface area contributed by atoms with E-state index in [4.69, 9.17) is 4.74 Å². The maximum Gasteiger partial charge on any atom is 0.383 e. The van der Waals surface area contributed by atoms with Gasteiger partial charge in [0.15, 0.2) is 0 Å². The molecule has 1 fully saturated rings. The minimum atomic E-state index is -2.51. The summed E-state index contributed by atoms with van der Waals surface area (Å²) in [7, 11) is 0. The van der Waals surface area contributed by atoms with Crippen molar-refractivity contribution in [1.82, 2.24) is 9.80 Å². The van der Waals surface area contributed by atoms with Crippen molar-refractivity contribution in [3.05, 3.63) is 71.8 Å². The van der Waals surface area contributed by atoms with Crippen molar-refractivity contribution in [3.8, 4) is 0 Å². The molecule has 0 unspecified atom stereocenters. The van der Waals surface area contributed by atoms with Gasteiger partial charge in [-0.2, -0.15) is 0 Å². The number of nitrogens with zero attached hydrogens (tertiary/aromatic N) is 2. The van der Waals surface area contributed by atoms with Gasteiger partial charge >= 0.3 is 23.6 Å². The fourth-order valence-electron chi connectivity index (χ4n) is 3.18. The summed E-state index contributed by atoms with van der Waals surface area (Å²) in [5.74, 6) is -5.43. The Morgan fingerprint density at radius 1 is 0.897 bits per heavy atom. The van der Waals surface area contributed by atoms with Crippen LogP contribution >= 0.6 is 0 Å². The van der Waals surface area contributed by atoms with Crippen LogP contribution in [0.1, 0.15) is 30.9 Å². The average molecular weight is 396 g/mol. The van der Waals surface area contributed by atoms with Gasteiger partial charge in [-0.25, -0.2) is 4.79 Å². The molecular weight excluding hydrogens is 372 g/mol. The SMILES string of the molecule is CCCCOC(=O)C1(O)N(Cc2ccccc2)C(=O)C(=O)N1Cc1ccccc1. The Labute approximate surface area is 169 Å². The Hall–Kier alpha value is -3.19. The van der Waals surface area contributed by atoms with Crippen molar-refractivity contribution in [2.24, 2.45) is 0 Å². The standard InChI is InChI=1S/C22H24N2O5/c1-2-3-14-29-21(27)22(28)23(15-17-10-6-4-7-11-17)19(25)20(26)24(22)16-18-12-8-5-9-13-18/h4-13,28H,2-3,14-16H2,1H3. The van der Waals surface area contributed by atoms with Gasteiger partial charge in [-0.05, 0) is 17.5 Å². The lowest BCUT2D eigenvalue weighted by Gasteiger charge is -2.35. The summed E-state index contributed by atoms with van der Waals surface area (Å²) in [5.41, 5.74) is 1.35. The number of hydrogen-bond acceptors (Lipinski definition) is 5. The van der Waals surface area contributed by atoms with E-state index >= 15 is 0 Å². The lowest BCUT2D eigenvalue weighted by atomic mass is 10.2. The summed E-state index contributed by atoms with van der Waals surface area (Å²) in [6.45, 7) is 1.83. The Morgan fingerprint density at radius 3 is 1.76 bits per heavy atom. The molecule has 0 aromatic heterocycles. The van der Waals surface area contributed by atoms with Crippen LogP contribution in [0.2, 0.25) is 0 Å². The minimum absolute atomic E-state index is 0.0956. The summed E-state index contributed by atoms with van der Waals surface area (Å²) < 4.78 is 5.23. The van der Waals surface area contributed by atoms with E-state index in [-0.39, 0.29) is 19.7 Å². The molecule has 0 atom stereocenters. The second-order valence-corrected chi connectivity index (χ2v) is 6.88. The van der Waals surface area contributed by atoms with E-state index in [1.807, 2.05) is 19.1 Å². The molecule has 2 aromatic rings. The second-order valence-electron chi connectivity index (χ2n) is 6.88. The predicted octanol–water partition coefficient (Wildman–Crippen LogP) is 2.05. The summed E-state index contributed by atoms with van der Waals surface area (Å²) in [5, 5.41) is 11.4. The first-order valence-electron chi connectivity index (χ1n) is 9.59. The molecule has 1 aliphatic rings. The second kappa shape index (κ2) is 8.87. The van der Waals surface area contributed by atoms with Gasteiger partial charge in [0.25, 0.3) is 0 Å². The van der Waals surface area contributed by atoms with E-state index in [1.54, 1.807) is 48.5 Å². The number of rotatable bonds is 8. The van der Waals surface area contributed by atoms with Crippen molar-refractivity contribution in [3.63, 3.8) is 0 Å². The number of benzene rings is 2. The van der Waals surface area contributed by atoms with Crippen molar-refractivity contribution in [1.29, 1.82) is 0 Å². The molecule has 0 radical (unpaired) electrons. The first kappa shape index (κ1) is 20.5. The van der Waals surface area contributed by atoms with Crippen LogP contribution in [0.25, 0.3) is 0 Å². The molecule has 3 rings (SSSR count). The van der Waals surface area contributed by atoms with Crippen molar-refractivity contribution in [2.75, 3.05) is 6.61 Å². The molecule has 1 N–H and O–H groups in total. The number of amides is 2. The van der Waals surface area contributed by atoms with E-state index < -0.39 is 23.6 Å². The zero-order chi connectivity index (χ0) is 20.9. The van der Waals surface area contributed by atoms with Gasteiger partial charge in [0, 0.05) is 0 Å². The Bertz CT molecular complexity index is 810. The molecule has 7 nitrogen and oxygen atoms in total.